The standard InChI is InChI=1S/C49H58FN9O4Si/c1-49(2,3)64(40-13-8-6-9-14-40,41-15-10-7-11-16-41)63-32-12-17-47-53-54-48(36-18-20-37(50)21-19-36)58(47)39-22-25-51-46(33-39)52-42-34-44(59(60)61)43(35-45(42)62-5)57-30-28-56(29-31-57)38-23-26-55(4)27-24-38/h6-11,13-16,18-22,25,33-35,38H,12,17,23-24,26-32H2,1-5H3,(H,51,52). The second kappa shape index (κ2) is 19.4. The summed E-state index contributed by atoms with van der Waals surface area (Å²) in [5, 5.41) is 27.5. The molecule has 2 aliphatic heterocycles. The zero-order valence-electron chi connectivity index (χ0n) is 37.4. The number of nitrogens with zero attached hydrogens (tertiary/aromatic N) is 8. The van der Waals surface area contributed by atoms with Crippen LogP contribution in [0.15, 0.2) is 115 Å². The highest BCUT2D eigenvalue weighted by molar-refractivity contribution is 6.99. The van der Waals surface area contributed by atoms with Crippen LogP contribution >= 0.6 is 0 Å². The Bertz CT molecular complexity index is 2460. The van der Waals surface area contributed by atoms with E-state index in [0.717, 1.165) is 39.0 Å². The van der Waals surface area contributed by atoms with Crippen molar-refractivity contribution < 1.29 is 18.5 Å². The summed E-state index contributed by atoms with van der Waals surface area (Å²) < 4.78 is 29.2. The molecule has 0 aliphatic carbocycles. The number of pyridine rings is 1. The van der Waals surface area contributed by atoms with Crippen LogP contribution in [0.2, 0.25) is 5.04 Å². The minimum absolute atomic E-state index is 0.00724. The number of anilines is 3. The molecule has 0 saturated carbocycles. The summed E-state index contributed by atoms with van der Waals surface area (Å²) >= 11 is 0. The maximum atomic E-state index is 14.2. The van der Waals surface area contributed by atoms with Gasteiger partial charge in [-0.15, -0.1) is 10.2 Å². The molecule has 13 nitrogen and oxygen atoms in total. The molecule has 0 radical (unpaired) electrons. The molecule has 0 amide bonds. The number of aryl methyl sites for hydroxylation is 1. The fraction of sp³-hybridized carbons (Fsp3) is 0.367. The van der Waals surface area contributed by atoms with Gasteiger partial charge in [0, 0.05) is 75.2 Å². The Labute approximate surface area is 376 Å². The van der Waals surface area contributed by atoms with Gasteiger partial charge in [0.15, 0.2) is 5.82 Å². The number of piperidine rings is 1. The number of hydrogen-bond donors (Lipinski definition) is 1. The number of aromatic nitrogens is 4. The summed E-state index contributed by atoms with van der Waals surface area (Å²) in [6.45, 7) is 12.5. The summed E-state index contributed by atoms with van der Waals surface area (Å²) in [5.41, 5.74) is 2.34. The van der Waals surface area contributed by atoms with Gasteiger partial charge in [-0.2, -0.15) is 0 Å². The molecule has 64 heavy (non-hydrogen) atoms. The number of nitro groups is 1. The maximum absolute atomic E-state index is 14.2. The van der Waals surface area contributed by atoms with E-state index in [1.807, 2.05) is 28.8 Å². The summed E-state index contributed by atoms with van der Waals surface area (Å²) in [7, 11) is 0.971. The molecule has 4 heterocycles. The number of piperazine rings is 1. The zero-order chi connectivity index (χ0) is 44.8. The maximum Gasteiger partial charge on any atom is 0.294 e. The normalized spacial score (nSPS) is 15.6. The predicted molar refractivity (Wildman–Crippen MR) is 254 cm³/mol. The summed E-state index contributed by atoms with van der Waals surface area (Å²) in [6.07, 6.45) is 5.14. The van der Waals surface area contributed by atoms with Crippen molar-refractivity contribution in [2.45, 2.75) is 57.5 Å². The third-order valence-electron chi connectivity index (χ3n) is 12.7. The number of hydrogen-bond acceptors (Lipinski definition) is 11. The molecule has 2 aromatic heterocycles. The number of halogens is 1. The van der Waals surface area contributed by atoms with Crippen LogP contribution in [-0.2, 0) is 10.8 Å². The smallest absolute Gasteiger partial charge is 0.294 e. The van der Waals surface area contributed by atoms with Crippen molar-refractivity contribution in [2.75, 3.05) is 70.2 Å². The Morgan fingerprint density at radius 2 is 1.52 bits per heavy atom. The van der Waals surface area contributed by atoms with Gasteiger partial charge in [0.25, 0.3) is 14.0 Å². The van der Waals surface area contributed by atoms with E-state index in [1.54, 1.807) is 31.5 Å². The van der Waals surface area contributed by atoms with Crippen LogP contribution < -0.4 is 25.3 Å². The molecule has 1 N–H and O–H groups in total. The number of ether oxygens (including phenoxy) is 1. The van der Waals surface area contributed by atoms with Crippen molar-refractivity contribution in [3.05, 3.63) is 137 Å². The quantitative estimate of drug-likeness (QED) is 0.0469. The van der Waals surface area contributed by atoms with E-state index in [9.17, 15) is 14.5 Å². The third kappa shape index (κ3) is 9.43. The highest BCUT2D eigenvalue weighted by atomic mass is 28.4. The molecular formula is C49H58FN9O4Si. The van der Waals surface area contributed by atoms with Crippen molar-refractivity contribution in [2.24, 2.45) is 0 Å². The van der Waals surface area contributed by atoms with Gasteiger partial charge in [0.05, 0.1) is 23.4 Å². The lowest BCUT2D eigenvalue weighted by Gasteiger charge is -2.43. The van der Waals surface area contributed by atoms with E-state index in [0.29, 0.717) is 84.4 Å². The largest absolute Gasteiger partial charge is 0.494 e. The Morgan fingerprint density at radius 3 is 2.12 bits per heavy atom. The van der Waals surface area contributed by atoms with Gasteiger partial charge in [-0.1, -0.05) is 81.4 Å². The first-order valence-electron chi connectivity index (χ1n) is 22.2. The molecule has 0 bridgehead atoms. The van der Waals surface area contributed by atoms with Crippen LogP contribution in [0.5, 0.6) is 5.75 Å². The van der Waals surface area contributed by atoms with E-state index >= 15 is 0 Å². The molecule has 8 rings (SSSR count). The van der Waals surface area contributed by atoms with Gasteiger partial charge in [-0.25, -0.2) is 9.37 Å². The molecule has 334 valence electrons. The van der Waals surface area contributed by atoms with E-state index in [4.69, 9.17) is 9.16 Å². The minimum Gasteiger partial charge on any atom is -0.494 e. The summed E-state index contributed by atoms with van der Waals surface area (Å²) in [6, 6.07) is 34.9. The average Bonchev–Trinajstić information content (AvgIpc) is 3.73. The number of likely N-dealkylation sites (tertiary alicyclic amines) is 1. The highest BCUT2D eigenvalue weighted by Gasteiger charge is 2.50. The Hall–Kier alpha value is -6.00. The SMILES string of the molecule is COc1cc(N2CCN(C3CCN(C)CC3)CC2)c([N+](=O)[O-])cc1Nc1cc(-n2c(CCCO[Si](c3ccccc3)(c3ccccc3)C(C)(C)C)nnc2-c2ccc(F)cc2)ccn1. The lowest BCUT2D eigenvalue weighted by Crippen LogP contribution is -2.66. The van der Waals surface area contributed by atoms with Crippen LogP contribution in [-0.4, -0.2) is 109 Å². The van der Waals surface area contributed by atoms with Gasteiger partial charge in [0.1, 0.15) is 28.9 Å². The minimum atomic E-state index is -2.76. The molecule has 2 fully saturated rings. The summed E-state index contributed by atoms with van der Waals surface area (Å²) in [5.74, 6) is 1.77. The van der Waals surface area contributed by atoms with Crippen molar-refractivity contribution >= 4 is 41.6 Å². The van der Waals surface area contributed by atoms with Gasteiger partial charge >= 0.3 is 0 Å². The van der Waals surface area contributed by atoms with E-state index in [-0.39, 0.29) is 21.5 Å². The van der Waals surface area contributed by atoms with Crippen LogP contribution in [0.4, 0.5) is 27.3 Å². The summed E-state index contributed by atoms with van der Waals surface area (Å²) in [4.78, 5) is 23.9. The molecule has 4 aromatic carbocycles. The number of rotatable bonds is 15. The fourth-order valence-electron chi connectivity index (χ4n) is 9.43. The molecule has 2 aliphatic rings. The van der Waals surface area contributed by atoms with Crippen LogP contribution in [0.3, 0.4) is 0 Å². The first-order chi connectivity index (χ1) is 30.9. The van der Waals surface area contributed by atoms with Gasteiger partial charge < -0.3 is 24.3 Å². The van der Waals surface area contributed by atoms with Crippen molar-refractivity contribution in [1.82, 2.24) is 29.5 Å². The predicted octanol–water partition coefficient (Wildman–Crippen LogP) is 7.85. The number of nitrogens with one attached hydrogen (secondary N) is 1. The van der Waals surface area contributed by atoms with Crippen LogP contribution in [0, 0.1) is 15.9 Å². The van der Waals surface area contributed by atoms with Crippen LogP contribution in [0.25, 0.3) is 17.1 Å². The first kappa shape index (κ1) is 44.6. The van der Waals surface area contributed by atoms with Crippen LogP contribution in [0.1, 0.15) is 45.9 Å². The first-order valence-corrected chi connectivity index (χ1v) is 24.1. The Balaban J connectivity index is 1.05. The molecular weight excluding hydrogens is 826 g/mol. The van der Waals surface area contributed by atoms with E-state index in [1.165, 1.54) is 28.6 Å². The number of nitro benzene ring substituents is 1. The zero-order valence-corrected chi connectivity index (χ0v) is 38.4. The van der Waals surface area contributed by atoms with Gasteiger partial charge in [-0.3, -0.25) is 19.6 Å². The monoisotopic (exact) mass is 883 g/mol. The third-order valence-corrected chi connectivity index (χ3v) is 17.8. The molecule has 15 heteroatoms. The average molecular weight is 884 g/mol. The lowest BCUT2D eigenvalue weighted by atomic mass is 10.0. The molecule has 6 aromatic rings. The number of methoxy groups -OCH3 is 1. The molecule has 0 unspecified atom stereocenters. The molecule has 2 saturated heterocycles. The Kier molecular flexibility index (Phi) is 13.5. The number of benzene rings is 4. The fourth-order valence-corrected chi connectivity index (χ4v) is 14.0. The molecule has 0 atom stereocenters. The van der Waals surface area contributed by atoms with Gasteiger partial charge in [-0.05, 0) is 85.1 Å². The second-order valence-corrected chi connectivity index (χ2v) is 22.1. The van der Waals surface area contributed by atoms with Crippen molar-refractivity contribution in [3.63, 3.8) is 0 Å². The molecule has 0 spiro atoms. The van der Waals surface area contributed by atoms with Crippen molar-refractivity contribution in [3.8, 4) is 22.8 Å². The highest BCUT2D eigenvalue weighted by Crippen LogP contribution is 2.41. The lowest BCUT2D eigenvalue weighted by molar-refractivity contribution is -0.384. The second-order valence-electron chi connectivity index (χ2n) is 17.8. The van der Waals surface area contributed by atoms with Gasteiger partial charge in [0.2, 0.25) is 0 Å². The van der Waals surface area contributed by atoms with E-state index in [2.05, 4.69) is 112 Å². The van der Waals surface area contributed by atoms with E-state index < -0.39 is 8.32 Å². The Morgan fingerprint density at radius 1 is 0.859 bits per heavy atom. The topological polar surface area (TPSA) is 127 Å². The van der Waals surface area contributed by atoms with Crippen molar-refractivity contribution in [1.29, 1.82) is 0 Å².